The van der Waals surface area contributed by atoms with E-state index in [1.165, 1.54) is 0 Å². The van der Waals surface area contributed by atoms with Gasteiger partial charge in [-0.2, -0.15) is 13.2 Å². The van der Waals surface area contributed by atoms with Crippen LogP contribution in [-0.4, -0.2) is 22.2 Å². The van der Waals surface area contributed by atoms with Gasteiger partial charge in [-0.15, -0.1) is 0 Å². The van der Waals surface area contributed by atoms with Crippen LogP contribution in [-0.2, 0) is 11.3 Å². The molecule has 0 saturated heterocycles. The molecule has 0 aliphatic carbocycles. The van der Waals surface area contributed by atoms with Gasteiger partial charge in [0.25, 0.3) is 5.56 Å². The van der Waals surface area contributed by atoms with Crippen LogP contribution in [0.1, 0.15) is 16.8 Å². The first-order valence-electron chi connectivity index (χ1n) is 4.79. The summed E-state index contributed by atoms with van der Waals surface area (Å²) in [5.74, 6) is -2.76. The number of alkyl halides is 3. The number of rotatable bonds is 1. The monoisotopic (exact) mass is 266 g/mol. The second-order valence-corrected chi connectivity index (χ2v) is 3.45. The smallest absolute Gasteiger partial charge is 0.475 e. The predicted molar refractivity (Wildman–Crippen MR) is 58.1 cm³/mol. The molecule has 0 unspecified atom stereocenters. The molecule has 0 bridgehead atoms. The summed E-state index contributed by atoms with van der Waals surface area (Å²) >= 11 is 0. The first kappa shape index (κ1) is 16.2. The number of hydrogen-bond donors (Lipinski definition) is 3. The van der Waals surface area contributed by atoms with Crippen molar-refractivity contribution in [2.24, 2.45) is 5.73 Å². The molecule has 1 aromatic heterocycles. The second kappa shape index (κ2) is 6.20. The first-order valence-corrected chi connectivity index (χ1v) is 4.79. The number of aromatic nitrogens is 1. The Morgan fingerprint density at radius 1 is 1.44 bits per heavy atom. The van der Waals surface area contributed by atoms with Gasteiger partial charge in [0.15, 0.2) is 0 Å². The molecular formula is C10H13F3N2O3. The van der Waals surface area contributed by atoms with E-state index in [-0.39, 0.29) is 5.56 Å². The maximum Gasteiger partial charge on any atom is 0.490 e. The highest BCUT2D eigenvalue weighted by Crippen LogP contribution is 2.13. The van der Waals surface area contributed by atoms with Gasteiger partial charge < -0.3 is 15.8 Å². The van der Waals surface area contributed by atoms with Gasteiger partial charge in [-0.25, -0.2) is 4.79 Å². The van der Waals surface area contributed by atoms with E-state index < -0.39 is 12.1 Å². The predicted octanol–water partition coefficient (Wildman–Crippen LogP) is 1.08. The summed E-state index contributed by atoms with van der Waals surface area (Å²) in [5, 5.41) is 7.12. The van der Waals surface area contributed by atoms with E-state index in [0.717, 1.165) is 11.3 Å². The molecular weight excluding hydrogens is 253 g/mol. The lowest BCUT2D eigenvalue weighted by Crippen LogP contribution is -2.21. The largest absolute Gasteiger partial charge is 0.490 e. The molecule has 0 amide bonds. The van der Waals surface area contributed by atoms with E-state index in [1.54, 1.807) is 0 Å². The van der Waals surface area contributed by atoms with Crippen molar-refractivity contribution in [3.8, 4) is 0 Å². The van der Waals surface area contributed by atoms with Crippen LogP contribution < -0.4 is 11.3 Å². The van der Waals surface area contributed by atoms with E-state index >= 15 is 0 Å². The van der Waals surface area contributed by atoms with Crippen molar-refractivity contribution in [1.82, 2.24) is 4.98 Å². The van der Waals surface area contributed by atoms with E-state index in [4.69, 9.17) is 15.6 Å². The van der Waals surface area contributed by atoms with Crippen molar-refractivity contribution in [2.75, 3.05) is 0 Å². The first-order chi connectivity index (χ1) is 8.09. The average molecular weight is 266 g/mol. The molecule has 0 atom stereocenters. The van der Waals surface area contributed by atoms with Crippen molar-refractivity contribution < 1.29 is 23.1 Å². The summed E-state index contributed by atoms with van der Waals surface area (Å²) in [6, 6.07) is 1.92. The SMILES string of the molecule is Cc1cc(C)c(CN)c(=O)[nH]1.O=C(O)C(F)(F)F. The van der Waals surface area contributed by atoms with Gasteiger partial charge >= 0.3 is 12.1 Å². The zero-order valence-electron chi connectivity index (χ0n) is 9.76. The fraction of sp³-hybridized carbons (Fsp3) is 0.400. The van der Waals surface area contributed by atoms with Crippen molar-refractivity contribution >= 4 is 5.97 Å². The third-order valence-electron chi connectivity index (χ3n) is 1.94. The molecule has 0 aliphatic rings. The maximum absolute atomic E-state index is 11.2. The van der Waals surface area contributed by atoms with Gasteiger partial charge in [-0.05, 0) is 25.5 Å². The van der Waals surface area contributed by atoms with Crippen LogP contribution >= 0.6 is 0 Å². The lowest BCUT2D eigenvalue weighted by atomic mass is 10.1. The Hall–Kier alpha value is -1.83. The van der Waals surface area contributed by atoms with Crippen LogP contribution in [0.2, 0.25) is 0 Å². The molecule has 8 heteroatoms. The van der Waals surface area contributed by atoms with Crippen molar-refractivity contribution in [2.45, 2.75) is 26.6 Å². The Labute approximate surface area is 100 Å². The van der Waals surface area contributed by atoms with Gasteiger partial charge in [-0.1, -0.05) is 0 Å². The van der Waals surface area contributed by atoms with Gasteiger partial charge in [0.05, 0.1) is 0 Å². The molecule has 4 N–H and O–H groups in total. The Morgan fingerprint density at radius 2 is 1.89 bits per heavy atom. The van der Waals surface area contributed by atoms with Crippen molar-refractivity contribution in [3.05, 3.63) is 33.2 Å². The van der Waals surface area contributed by atoms with Crippen LogP contribution in [0.4, 0.5) is 13.2 Å². The highest BCUT2D eigenvalue weighted by molar-refractivity contribution is 5.73. The summed E-state index contributed by atoms with van der Waals surface area (Å²) in [6.07, 6.45) is -5.08. The number of carboxylic acids is 1. The zero-order valence-corrected chi connectivity index (χ0v) is 9.76. The summed E-state index contributed by atoms with van der Waals surface area (Å²) in [7, 11) is 0. The molecule has 1 aromatic rings. The Morgan fingerprint density at radius 3 is 2.17 bits per heavy atom. The number of carboxylic acid groups (broad SMARTS) is 1. The lowest BCUT2D eigenvalue weighted by molar-refractivity contribution is -0.192. The van der Waals surface area contributed by atoms with Gasteiger partial charge in [-0.3, -0.25) is 4.79 Å². The number of nitrogens with one attached hydrogen (secondary N) is 1. The molecule has 18 heavy (non-hydrogen) atoms. The summed E-state index contributed by atoms with van der Waals surface area (Å²) in [4.78, 5) is 22.7. The number of hydrogen-bond acceptors (Lipinski definition) is 3. The highest BCUT2D eigenvalue weighted by Gasteiger charge is 2.38. The number of aryl methyl sites for hydroxylation is 2. The minimum Gasteiger partial charge on any atom is -0.475 e. The minimum absolute atomic E-state index is 0.0648. The number of halogens is 3. The second-order valence-electron chi connectivity index (χ2n) is 3.45. The lowest BCUT2D eigenvalue weighted by Gasteiger charge is -2.01. The zero-order chi connectivity index (χ0) is 14.5. The van der Waals surface area contributed by atoms with Crippen LogP contribution in [0, 0.1) is 13.8 Å². The fourth-order valence-corrected chi connectivity index (χ4v) is 1.14. The van der Waals surface area contributed by atoms with E-state index in [2.05, 4.69) is 4.98 Å². The molecule has 1 heterocycles. The summed E-state index contributed by atoms with van der Waals surface area (Å²) in [6.45, 7) is 4.06. The van der Waals surface area contributed by atoms with Gasteiger partial charge in [0.1, 0.15) is 0 Å². The van der Waals surface area contributed by atoms with E-state index in [1.807, 2.05) is 19.9 Å². The Kier molecular flexibility index (Phi) is 5.57. The molecule has 0 aromatic carbocycles. The molecule has 0 spiro atoms. The summed E-state index contributed by atoms with van der Waals surface area (Å²) in [5.41, 5.74) is 7.84. The third kappa shape index (κ3) is 5.00. The van der Waals surface area contributed by atoms with Crippen molar-refractivity contribution in [3.63, 3.8) is 0 Å². The standard InChI is InChI=1S/C8H12N2O.C2HF3O2/c1-5-3-6(2)10-8(11)7(5)4-9;3-2(4,5)1(6)7/h3H,4,9H2,1-2H3,(H,10,11);(H,6,7). The number of aromatic amines is 1. The van der Waals surface area contributed by atoms with Gasteiger partial charge in [0.2, 0.25) is 0 Å². The quantitative estimate of drug-likeness (QED) is 0.708. The highest BCUT2D eigenvalue weighted by atomic mass is 19.4. The molecule has 1 rings (SSSR count). The molecule has 102 valence electrons. The molecule has 0 saturated carbocycles. The normalized spacial score (nSPS) is 10.6. The third-order valence-corrected chi connectivity index (χ3v) is 1.94. The minimum atomic E-state index is -5.08. The topological polar surface area (TPSA) is 96.2 Å². The fourth-order valence-electron chi connectivity index (χ4n) is 1.14. The van der Waals surface area contributed by atoms with E-state index in [0.29, 0.717) is 12.1 Å². The average Bonchev–Trinajstić information content (AvgIpc) is 2.15. The van der Waals surface area contributed by atoms with Crippen LogP contribution in [0.15, 0.2) is 10.9 Å². The Balaban J connectivity index is 0.000000360. The molecule has 0 fully saturated rings. The number of aliphatic carboxylic acids is 1. The maximum atomic E-state index is 11.2. The summed E-state index contributed by atoms with van der Waals surface area (Å²) < 4.78 is 31.7. The molecule has 0 radical (unpaired) electrons. The number of pyridine rings is 1. The number of nitrogens with two attached hydrogens (primary N) is 1. The molecule has 0 aliphatic heterocycles. The Bertz CT molecular complexity index is 480. The number of carbonyl (C=O) groups is 1. The van der Waals surface area contributed by atoms with Crippen LogP contribution in [0.25, 0.3) is 0 Å². The van der Waals surface area contributed by atoms with Crippen molar-refractivity contribution in [1.29, 1.82) is 0 Å². The van der Waals surface area contributed by atoms with Gasteiger partial charge in [0, 0.05) is 17.8 Å². The van der Waals surface area contributed by atoms with Crippen LogP contribution in [0.5, 0.6) is 0 Å². The molecule has 5 nitrogen and oxygen atoms in total. The number of H-pyrrole nitrogens is 1. The van der Waals surface area contributed by atoms with Crippen LogP contribution in [0.3, 0.4) is 0 Å². The van der Waals surface area contributed by atoms with E-state index in [9.17, 15) is 18.0 Å².